The van der Waals surface area contributed by atoms with Crippen molar-refractivity contribution < 1.29 is 9.53 Å². The van der Waals surface area contributed by atoms with Gasteiger partial charge in [0.2, 0.25) is 0 Å². The average Bonchev–Trinajstić information content (AvgIpc) is 3.04. The molecule has 21 heavy (non-hydrogen) atoms. The molecule has 0 N–H and O–H groups in total. The molecule has 0 unspecified atom stereocenters. The number of aryl methyl sites for hydroxylation is 1. The summed E-state index contributed by atoms with van der Waals surface area (Å²) >= 11 is 0. The molecular weight excluding hydrogens is 268 g/mol. The number of fused-ring (bicyclic) bond motifs is 1. The van der Waals surface area contributed by atoms with E-state index in [1.807, 2.05) is 48.1 Å². The Balaban J connectivity index is 2.12. The highest BCUT2D eigenvalue weighted by Crippen LogP contribution is 2.23. The van der Waals surface area contributed by atoms with Crippen LogP contribution in [0.2, 0.25) is 0 Å². The van der Waals surface area contributed by atoms with Gasteiger partial charge in [-0.2, -0.15) is 5.10 Å². The molecule has 0 radical (unpaired) electrons. The molecule has 0 amide bonds. The SMILES string of the molecule is CCOC(=O)Cn1c(-c2ccn(C)n2)nc2ccccc21. The first-order valence-electron chi connectivity index (χ1n) is 6.80. The first kappa shape index (κ1) is 13.4. The van der Waals surface area contributed by atoms with E-state index in [1.165, 1.54) is 0 Å². The van der Waals surface area contributed by atoms with Gasteiger partial charge in [-0.3, -0.25) is 9.48 Å². The van der Waals surface area contributed by atoms with Crippen molar-refractivity contribution in [2.45, 2.75) is 13.5 Å². The Bertz CT molecular complexity index is 788. The molecule has 0 aliphatic heterocycles. The van der Waals surface area contributed by atoms with E-state index < -0.39 is 0 Å². The number of imidazole rings is 1. The van der Waals surface area contributed by atoms with Crippen LogP contribution in [-0.4, -0.2) is 31.9 Å². The molecule has 2 heterocycles. The number of carbonyl (C=O) groups is 1. The maximum Gasteiger partial charge on any atom is 0.326 e. The number of hydrogen-bond acceptors (Lipinski definition) is 4. The predicted octanol–water partition coefficient (Wildman–Crippen LogP) is 2.00. The molecule has 0 fully saturated rings. The molecule has 0 aliphatic rings. The summed E-state index contributed by atoms with van der Waals surface area (Å²) in [5.74, 6) is 0.391. The molecule has 0 saturated carbocycles. The lowest BCUT2D eigenvalue weighted by atomic mass is 10.3. The molecule has 0 atom stereocenters. The van der Waals surface area contributed by atoms with Crippen molar-refractivity contribution in [2.75, 3.05) is 6.61 Å². The highest BCUT2D eigenvalue weighted by molar-refractivity contribution is 5.82. The Morgan fingerprint density at radius 1 is 1.29 bits per heavy atom. The Morgan fingerprint density at radius 2 is 2.10 bits per heavy atom. The molecule has 0 saturated heterocycles. The number of ether oxygens (including phenoxy) is 1. The van der Waals surface area contributed by atoms with Gasteiger partial charge in [-0.15, -0.1) is 0 Å². The van der Waals surface area contributed by atoms with Crippen molar-refractivity contribution in [2.24, 2.45) is 7.05 Å². The normalized spacial score (nSPS) is 11.0. The summed E-state index contributed by atoms with van der Waals surface area (Å²) in [5, 5.41) is 4.37. The van der Waals surface area contributed by atoms with E-state index in [0.717, 1.165) is 16.7 Å². The molecule has 3 aromatic rings. The fourth-order valence-corrected chi connectivity index (χ4v) is 2.30. The van der Waals surface area contributed by atoms with Crippen LogP contribution in [0.4, 0.5) is 0 Å². The van der Waals surface area contributed by atoms with Gasteiger partial charge in [-0.05, 0) is 25.1 Å². The van der Waals surface area contributed by atoms with Crippen LogP contribution in [0.3, 0.4) is 0 Å². The highest BCUT2D eigenvalue weighted by Gasteiger charge is 2.17. The van der Waals surface area contributed by atoms with E-state index in [2.05, 4.69) is 10.1 Å². The number of nitrogens with zero attached hydrogens (tertiary/aromatic N) is 4. The van der Waals surface area contributed by atoms with Gasteiger partial charge in [0.25, 0.3) is 0 Å². The maximum absolute atomic E-state index is 11.8. The van der Waals surface area contributed by atoms with Gasteiger partial charge in [0.15, 0.2) is 5.82 Å². The summed E-state index contributed by atoms with van der Waals surface area (Å²) in [4.78, 5) is 16.4. The fraction of sp³-hybridized carbons (Fsp3) is 0.267. The number of benzene rings is 1. The second-order valence-corrected chi connectivity index (χ2v) is 4.69. The number of rotatable bonds is 4. The number of hydrogen-bond donors (Lipinski definition) is 0. The minimum atomic E-state index is -0.280. The Kier molecular flexibility index (Phi) is 3.43. The predicted molar refractivity (Wildman–Crippen MR) is 78.6 cm³/mol. The molecule has 0 bridgehead atoms. The Morgan fingerprint density at radius 3 is 2.81 bits per heavy atom. The first-order valence-corrected chi connectivity index (χ1v) is 6.80. The first-order chi connectivity index (χ1) is 10.2. The van der Waals surface area contributed by atoms with Crippen LogP contribution in [0, 0.1) is 0 Å². The van der Waals surface area contributed by atoms with Gasteiger partial charge in [-0.25, -0.2) is 4.98 Å². The van der Waals surface area contributed by atoms with Gasteiger partial charge in [0.05, 0.1) is 17.6 Å². The molecular formula is C15H16N4O2. The van der Waals surface area contributed by atoms with Crippen LogP contribution in [0.25, 0.3) is 22.6 Å². The maximum atomic E-state index is 11.8. The van der Waals surface area contributed by atoms with Gasteiger partial charge in [-0.1, -0.05) is 12.1 Å². The fourth-order valence-electron chi connectivity index (χ4n) is 2.30. The van der Waals surface area contributed by atoms with E-state index in [1.54, 1.807) is 11.6 Å². The van der Waals surface area contributed by atoms with Gasteiger partial charge in [0, 0.05) is 13.2 Å². The van der Waals surface area contributed by atoms with E-state index in [9.17, 15) is 4.79 Å². The third-order valence-electron chi connectivity index (χ3n) is 3.19. The van der Waals surface area contributed by atoms with Crippen molar-refractivity contribution in [1.29, 1.82) is 0 Å². The van der Waals surface area contributed by atoms with Gasteiger partial charge < -0.3 is 9.30 Å². The van der Waals surface area contributed by atoms with Crippen molar-refractivity contribution in [3.05, 3.63) is 36.5 Å². The summed E-state index contributed by atoms with van der Waals surface area (Å²) in [6, 6.07) is 9.58. The topological polar surface area (TPSA) is 61.9 Å². The molecule has 3 rings (SSSR count). The van der Waals surface area contributed by atoms with Crippen LogP contribution in [0.1, 0.15) is 6.92 Å². The lowest BCUT2D eigenvalue weighted by Crippen LogP contribution is -2.14. The summed E-state index contributed by atoms with van der Waals surface area (Å²) in [6.45, 7) is 2.29. The molecule has 2 aromatic heterocycles. The highest BCUT2D eigenvalue weighted by atomic mass is 16.5. The quantitative estimate of drug-likeness (QED) is 0.687. The molecule has 1 aromatic carbocycles. The molecule has 108 valence electrons. The third kappa shape index (κ3) is 2.52. The zero-order valence-corrected chi connectivity index (χ0v) is 12.0. The van der Waals surface area contributed by atoms with Crippen molar-refractivity contribution in [3.63, 3.8) is 0 Å². The molecule has 0 spiro atoms. The number of aromatic nitrogens is 4. The van der Waals surface area contributed by atoms with Crippen molar-refractivity contribution in [3.8, 4) is 11.5 Å². The van der Waals surface area contributed by atoms with Crippen LogP contribution in [0.5, 0.6) is 0 Å². The summed E-state index contributed by atoms with van der Waals surface area (Å²) < 4.78 is 8.60. The monoisotopic (exact) mass is 284 g/mol. The summed E-state index contributed by atoms with van der Waals surface area (Å²) in [5.41, 5.74) is 2.46. The minimum Gasteiger partial charge on any atom is -0.465 e. The number of esters is 1. The Hall–Kier alpha value is -2.63. The average molecular weight is 284 g/mol. The van der Waals surface area contributed by atoms with Crippen LogP contribution in [-0.2, 0) is 23.1 Å². The van der Waals surface area contributed by atoms with Crippen LogP contribution < -0.4 is 0 Å². The van der Waals surface area contributed by atoms with Crippen molar-refractivity contribution in [1.82, 2.24) is 19.3 Å². The molecule has 6 heteroatoms. The number of carbonyl (C=O) groups excluding carboxylic acids is 1. The molecule has 0 aliphatic carbocycles. The second-order valence-electron chi connectivity index (χ2n) is 4.69. The van der Waals surface area contributed by atoms with Gasteiger partial charge in [0.1, 0.15) is 12.2 Å². The van der Waals surface area contributed by atoms with Crippen molar-refractivity contribution >= 4 is 17.0 Å². The minimum absolute atomic E-state index is 0.125. The lowest BCUT2D eigenvalue weighted by Gasteiger charge is -2.07. The lowest BCUT2D eigenvalue weighted by molar-refractivity contribution is -0.143. The third-order valence-corrected chi connectivity index (χ3v) is 3.19. The summed E-state index contributed by atoms with van der Waals surface area (Å²) in [6.07, 6.45) is 1.85. The van der Waals surface area contributed by atoms with E-state index in [0.29, 0.717) is 12.4 Å². The summed E-state index contributed by atoms with van der Waals surface area (Å²) in [7, 11) is 1.85. The largest absolute Gasteiger partial charge is 0.465 e. The van der Waals surface area contributed by atoms with Crippen LogP contribution >= 0.6 is 0 Å². The second kappa shape index (κ2) is 5.40. The van der Waals surface area contributed by atoms with Crippen LogP contribution in [0.15, 0.2) is 36.5 Å². The smallest absolute Gasteiger partial charge is 0.326 e. The standard InChI is InChI=1S/C15H16N4O2/c1-3-21-14(20)10-19-13-7-5-4-6-11(13)16-15(19)12-8-9-18(2)17-12/h4-9H,3,10H2,1-2H3. The van der Waals surface area contributed by atoms with E-state index in [4.69, 9.17) is 4.74 Å². The molecule has 6 nitrogen and oxygen atoms in total. The zero-order valence-electron chi connectivity index (χ0n) is 12.0. The Labute approximate surface area is 122 Å². The van der Waals surface area contributed by atoms with E-state index >= 15 is 0 Å². The zero-order chi connectivity index (χ0) is 14.8. The van der Waals surface area contributed by atoms with E-state index in [-0.39, 0.29) is 12.5 Å². The number of para-hydroxylation sites is 2. The van der Waals surface area contributed by atoms with Gasteiger partial charge >= 0.3 is 5.97 Å².